The number of carbonyl (C=O) groups excluding carboxylic acids is 1. The monoisotopic (exact) mass is 322 g/mol. The predicted octanol–water partition coefficient (Wildman–Crippen LogP) is 4.47. The Labute approximate surface area is 137 Å². The van der Waals surface area contributed by atoms with Crippen molar-refractivity contribution in [2.45, 2.75) is 33.8 Å². The van der Waals surface area contributed by atoms with Gasteiger partial charge < -0.3 is 9.84 Å². The van der Waals surface area contributed by atoms with Crippen LogP contribution in [-0.4, -0.2) is 17.7 Å². The summed E-state index contributed by atoms with van der Waals surface area (Å²) in [6.07, 6.45) is 2.79. The van der Waals surface area contributed by atoms with Crippen molar-refractivity contribution in [1.82, 2.24) is 0 Å². The maximum Gasteiger partial charge on any atom is 0.333 e. The van der Waals surface area contributed by atoms with Crippen molar-refractivity contribution in [1.29, 1.82) is 0 Å². The van der Waals surface area contributed by atoms with Crippen LogP contribution >= 0.6 is 11.6 Å². The molecule has 0 aliphatic heterocycles. The molecule has 0 radical (unpaired) electrons. The number of carbonyl (C=O) groups is 1. The Bertz CT molecular complexity index is 556. The Kier molecular flexibility index (Phi) is 7.36. The van der Waals surface area contributed by atoms with Gasteiger partial charge in [0.1, 0.15) is 6.10 Å². The molecule has 4 heteroatoms. The maximum atomic E-state index is 11.8. The molecule has 0 aliphatic carbocycles. The highest BCUT2D eigenvalue weighted by Gasteiger charge is 2.14. The van der Waals surface area contributed by atoms with E-state index in [1.807, 2.05) is 19.9 Å². The summed E-state index contributed by atoms with van der Waals surface area (Å²) >= 11 is 5.87. The first-order valence-corrected chi connectivity index (χ1v) is 7.73. The van der Waals surface area contributed by atoms with Gasteiger partial charge in [0.05, 0.1) is 6.61 Å². The largest absolute Gasteiger partial charge is 0.463 e. The van der Waals surface area contributed by atoms with E-state index in [1.165, 1.54) is 0 Å². The van der Waals surface area contributed by atoms with Gasteiger partial charge in [-0.3, -0.25) is 0 Å². The number of aliphatic hydroxyl groups excluding tert-OH is 1. The molecule has 0 heterocycles. The third-order valence-corrected chi connectivity index (χ3v) is 3.26. The SMILES string of the molecule is CCOC(=O)/C(C)=C/C(=C/C(C)C)C(O)c1ccc(Cl)cc1. The molecule has 0 bridgehead atoms. The van der Waals surface area contributed by atoms with E-state index in [0.717, 1.165) is 5.56 Å². The summed E-state index contributed by atoms with van der Waals surface area (Å²) in [5.74, 6) is -0.136. The van der Waals surface area contributed by atoms with Crippen molar-refractivity contribution >= 4 is 17.6 Å². The summed E-state index contributed by atoms with van der Waals surface area (Å²) in [7, 11) is 0. The van der Waals surface area contributed by atoms with Crippen LogP contribution in [0.3, 0.4) is 0 Å². The summed E-state index contributed by atoms with van der Waals surface area (Å²) < 4.78 is 4.98. The zero-order valence-electron chi connectivity index (χ0n) is 13.5. The highest BCUT2D eigenvalue weighted by atomic mass is 35.5. The molecule has 0 aliphatic rings. The van der Waals surface area contributed by atoms with E-state index >= 15 is 0 Å². The minimum absolute atomic E-state index is 0.239. The second-order valence-corrected chi connectivity index (χ2v) is 5.85. The number of ether oxygens (including phenoxy) is 1. The first kappa shape index (κ1) is 18.5. The molecule has 3 nitrogen and oxygen atoms in total. The van der Waals surface area contributed by atoms with E-state index in [-0.39, 0.29) is 11.9 Å². The number of rotatable bonds is 6. The molecule has 0 saturated carbocycles. The minimum Gasteiger partial charge on any atom is -0.463 e. The molecule has 0 spiro atoms. The first-order chi connectivity index (χ1) is 10.3. The lowest BCUT2D eigenvalue weighted by Crippen LogP contribution is -2.08. The topological polar surface area (TPSA) is 46.5 Å². The van der Waals surface area contributed by atoms with Crippen LogP contribution in [0, 0.1) is 5.92 Å². The second-order valence-electron chi connectivity index (χ2n) is 5.41. The average molecular weight is 323 g/mol. The number of hydrogen-bond acceptors (Lipinski definition) is 3. The van der Waals surface area contributed by atoms with Crippen molar-refractivity contribution in [3.05, 3.63) is 58.1 Å². The molecule has 1 aromatic carbocycles. The smallest absolute Gasteiger partial charge is 0.333 e. The molecule has 1 aromatic rings. The molecule has 1 rings (SSSR count). The Morgan fingerprint density at radius 1 is 1.32 bits per heavy atom. The van der Waals surface area contributed by atoms with Crippen LogP contribution in [0.1, 0.15) is 39.4 Å². The zero-order chi connectivity index (χ0) is 16.7. The van der Waals surface area contributed by atoms with Gasteiger partial charge in [-0.05, 0) is 49.1 Å². The number of benzene rings is 1. The van der Waals surface area contributed by atoms with E-state index in [4.69, 9.17) is 16.3 Å². The Morgan fingerprint density at radius 2 is 1.91 bits per heavy atom. The summed E-state index contributed by atoms with van der Waals surface area (Å²) in [6, 6.07) is 7.01. The molecule has 0 amide bonds. The van der Waals surface area contributed by atoms with Crippen LogP contribution in [0.5, 0.6) is 0 Å². The lowest BCUT2D eigenvalue weighted by Gasteiger charge is -2.15. The fraction of sp³-hybridized carbons (Fsp3) is 0.389. The molecule has 22 heavy (non-hydrogen) atoms. The van der Waals surface area contributed by atoms with Crippen molar-refractivity contribution < 1.29 is 14.6 Å². The Hall–Kier alpha value is -1.58. The van der Waals surface area contributed by atoms with Crippen LogP contribution < -0.4 is 0 Å². The average Bonchev–Trinajstić information content (AvgIpc) is 2.46. The fourth-order valence-electron chi connectivity index (χ4n) is 1.99. The Balaban J connectivity index is 3.10. The van der Waals surface area contributed by atoms with Crippen molar-refractivity contribution in [2.24, 2.45) is 5.92 Å². The van der Waals surface area contributed by atoms with E-state index in [1.54, 1.807) is 44.2 Å². The summed E-state index contributed by atoms with van der Waals surface area (Å²) in [6.45, 7) is 7.80. The van der Waals surface area contributed by atoms with E-state index in [2.05, 4.69) is 0 Å². The maximum absolute atomic E-state index is 11.8. The predicted molar refractivity (Wildman–Crippen MR) is 89.7 cm³/mol. The van der Waals surface area contributed by atoms with Gasteiger partial charge >= 0.3 is 5.97 Å². The molecular weight excluding hydrogens is 300 g/mol. The van der Waals surface area contributed by atoms with Crippen molar-refractivity contribution in [2.75, 3.05) is 6.61 Å². The number of esters is 1. The molecule has 1 atom stereocenters. The van der Waals surface area contributed by atoms with Crippen molar-refractivity contribution in [3.8, 4) is 0 Å². The summed E-state index contributed by atoms with van der Waals surface area (Å²) in [5.41, 5.74) is 1.86. The number of hydrogen-bond donors (Lipinski definition) is 1. The minimum atomic E-state index is -0.816. The number of aliphatic hydroxyl groups is 1. The number of allylic oxidation sites excluding steroid dienone is 1. The quantitative estimate of drug-likeness (QED) is 0.477. The van der Waals surface area contributed by atoms with Crippen molar-refractivity contribution in [3.63, 3.8) is 0 Å². The van der Waals surface area contributed by atoms with Gasteiger partial charge in [-0.2, -0.15) is 0 Å². The zero-order valence-corrected chi connectivity index (χ0v) is 14.2. The highest BCUT2D eigenvalue weighted by molar-refractivity contribution is 6.30. The lowest BCUT2D eigenvalue weighted by molar-refractivity contribution is -0.138. The van der Waals surface area contributed by atoms with E-state index in [0.29, 0.717) is 22.8 Å². The second kappa shape index (κ2) is 8.76. The summed E-state index contributed by atoms with van der Waals surface area (Å²) in [5, 5.41) is 11.2. The van der Waals surface area contributed by atoms with Gasteiger partial charge in [0, 0.05) is 10.6 Å². The highest BCUT2D eigenvalue weighted by Crippen LogP contribution is 2.26. The van der Waals surface area contributed by atoms with Crippen LogP contribution in [0.4, 0.5) is 0 Å². The van der Waals surface area contributed by atoms with E-state index in [9.17, 15) is 9.90 Å². The fourth-order valence-corrected chi connectivity index (χ4v) is 2.12. The van der Waals surface area contributed by atoms with Gasteiger partial charge in [-0.15, -0.1) is 0 Å². The molecule has 120 valence electrons. The molecule has 0 saturated heterocycles. The summed E-state index contributed by atoms with van der Waals surface area (Å²) in [4.78, 5) is 11.8. The Morgan fingerprint density at radius 3 is 2.41 bits per heavy atom. The first-order valence-electron chi connectivity index (χ1n) is 7.35. The normalized spacial score (nSPS) is 14.1. The molecule has 0 fully saturated rings. The molecule has 1 unspecified atom stereocenters. The van der Waals surface area contributed by atoms with E-state index < -0.39 is 6.10 Å². The van der Waals surface area contributed by atoms with Gasteiger partial charge in [0.15, 0.2) is 0 Å². The standard InChI is InChI=1S/C18H23ClO3/c1-5-22-18(21)13(4)11-15(10-12(2)3)17(20)14-6-8-16(19)9-7-14/h6-12,17,20H,5H2,1-4H3/b13-11+,15-10-. The van der Waals surface area contributed by atoms with Gasteiger partial charge in [0.25, 0.3) is 0 Å². The van der Waals surface area contributed by atoms with Gasteiger partial charge in [0.2, 0.25) is 0 Å². The number of halogens is 1. The molecule has 0 aromatic heterocycles. The molecular formula is C18H23ClO3. The van der Waals surface area contributed by atoms with Crippen LogP contribution in [0.15, 0.2) is 47.6 Å². The lowest BCUT2D eigenvalue weighted by atomic mass is 9.96. The van der Waals surface area contributed by atoms with Crippen LogP contribution in [0.2, 0.25) is 5.02 Å². The van der Waals surface area contributed by atoms with Gasteiger partial charge in [-0.25, -0.2) is 4.79 Å². The van der Waals surface area contributed by atoms with Gasteiger partial charge in [-0.1, -0.05) is 43.7 Å². The van der Waals surface area contributed by atoms with Crippen LogP contribution in [-0.2, 0) is 9.53 Å². The molecule has 1 N–H and O–H groups in total. The third-order valence-electron chi connectivity index (χ3n) is 3.01. The van der Waals surface area contributed by atoms with Crippen LogP contribution in [0.25, 0.3) is 0 Å². The third kappa shape index (κ3) is 5.66.